The van der Waals surface area contributed by atoms with E-state index >= 15 is 0 Å². The summed E-state index contributed by atoms with van der Waals surface area (Å²) in [5.74, 6) is 0. The van der Waals surface area contributed by atoms with E-state index in [-0.39, 0.29) is 12.3 Å². The first-order chi connectivity index (χ1) is 10.5. The van der Waals surface area contributed by atoms with E-state index in [0.29, 0.717) is 12.1 Å². The predicted octanol–water partition coefficient (Wildman–Crippen LogP) is 3.05. The summed E-state index contributed by atoms with van der Waals surface area (Å²) in [5.41, 5.74) is -1.79. The van der Waals surface area contributed by atoms with Crippen molar-refractivity contribution in [1.82, 2.24) is 5.32 Å². The third kappa shape index (κ3) is 5.02. The minimum absolute atomic E-state index is 0.317. The molecule has 0 radical (unpaired) electrons. The molecule has 2 amide bonds. The Balaban J connectivity index is 3.06. The van der Waals surface area contributed by atoms with Gasteiger partial charge in [-0.3, -0.25) is 0 Å². The molecule has 0 spiro atoms. The molecule has 0 aliphatic rings. The van der Waals surface area contributed by atoms with Crippen LogP contribution in [-0.2, 0) is 6.18 Å². The van der Waals surface area contributed by atoms with E-state index in [4.69, 9.17) is 0 Å². The molecule has 0 aromatic heterocycles. The average Bonchev–Trinajstić information content (AvgIpc) is 2.45. The minimum atomic E-state index is -4.60. The summed E-state index contributed by atoms with van der Waals surface area (Å²) in [5, 5.41) is 13.9. The molecule has 1 unspecified atom stereocenters. The highest BCUT2D eigenvalue weighted by molar-refractivity contribution is 5.91. The number of rotatable bonds is 5. The van der Waals surface area contributed by atoms with Gasteiger partial charge in [-0.05, 0) is 31.5 Å². The second-order valence-electron chi connectivity index (χ2n) is 5.77. The number of carbonyl (C=O) groups is 1. The van der Waals surface area contributed by atoms with Crippen molar-refractivity contribution in [3.8, 4) is 0 Å². The number of aliphatic hydroxyl groups excluding tert-OH is 1. The molecule has 1 aromatic carbocycles. The maximum Gasteiger partial charge on any atom is 0.418 e. The number of nitrogens with one attached hydrogen (secondary N) is 2. The van der Waals surface area contributed by atoms with E-state index in [1.807, 2.05) is 0 Å². The molecule has 0 saturated heterocycles. The highest BCUT2D eigenvalue weighted by Crippen LogP contribution is 2.37. The number of anilines is 2. The van der Waals surface area contributed by atoms with Crippen molar-refractivity contribution in [2.75, 3.05) is 30.9 Å². The fraction of sp³-hybridized carbons (Fsp3) is 0.533. The fourth-order valence-electron chi connectivity index (χ4n) is 1.82. The first-order valence-corrected chi connectivity index (χ1v) is 7.11. The first kappa shape index (κ1) is 19.1. The summed E-state index contributed by atoms with van der Waals surface area (Å²) in [6.45, 7) is 3.04. The summed E-state index contributed by atoms with van der Waals surface area (Å²) < 4.78 is 39.5. The Morgan fingerprint density at radius 3 is 2.35 bits per heavy atom. The smallest absolute Gasteiger partial charge is 0.394 e. The lowest BCUT2D eigenvalue weighted by Crippen LogP contribution is -2.50. The molecule has 0 aliphatic heterocycles. The summed E-state index contributed by atoms with van der Waals surface area (Å²) in [6.07, 6.45) is -4.16. The highest BCUT2D eigenvalue weighted by atomic mass is 19.4. The maximum atomic E-state index is 13.2. The largest absolute Gasteiger partial charge is 0.418 e. The van der Waals surface area contributed by atoms with Gasteiger partial charge in [-0.25, -0.2) is 4.79 Å². The van der Waals surface area contributed by atoms with Crippen molar-refractivity contribution < 1.29 is 23.1 Å². The second kappa shape index (κ2) is 7.08. The van der Waals surface area contributed by atoms with Crippen molar-refractivity contribution >= 4 is 17.4 Å². The summed E-state index contributed by atoms with van der Waals surface area (Å²) in [6, 6.07) is 2.86. The third-order valence-electron chi connectivity index (χ3n) is 3.62. The van der Waals surface area contributed by atoms with Gasteiger partial charge in [-0.2, -0.15) is 13.2 Å². The Bertz CT molecular complexity index is 555. The Kier molecular flexibility index (Phi) is 5.87. The van der Waals surface area contributed by atoms with Crippen LogP contribution in [-0.4, -0.2) is 37.4 Å². The molecule has 0 bridgehead atoms. The third-order valence-corrected chi connectivity index (χ3v) is 3.62. The number of halogens is 3. The molecule has 23 heavy (non-hydrogen) atoms. The van der Waals surface area contributed by atoms with Gasteiger partial charge in [0.15, 0.2) is 0 Å². The fourth-order valence-corrected chi connectivity index (χ4v) is 1.82. The molecule has 1 aromatic rings. The van der Waals surface area contributed by atoms with E-state index in [0.717, 1.165) is 6.07 Å². The summed E-state index contributed by atoms with van der Waals surface area (Å²) in [4.78, 5) is 13.5. The monoisotopic (exact) mass is 333 g/mol. The molecule has 0 saturated carbocycles. The van der Waals surface area contributed by atoms with Crippen LogP contribution < -0.4 is 15.5 Å². The molecule has 0 aliphatic carbocycles. The number of hydrogen-bond acceptors (Lipinski definition) is 3. The molecule has 3 N–H and O–H groups in total. The molecule has 1 atom stereocenters. The lowest BCUT2D eigenvalue weighted by atomic mass is 10.0. The van der Waals surface area contributed by atoms with Crippen molar-refractivity contribution in [1.29, 1.82) is 0 Å². The Morgan fingerprint density at radius 1 is 1.30 bits per heavy atom. The van der Waals surface area contributed by atoms with Crippen molar-refractivity contribution in [3.05, 3.63) is 23.8 Å². The Hall–Kier alpha value is -1.96. The van der Waals surface area contributed by atoms with Crippen molar-refractivity contribution in [2.24, 2.45) is 0 Å². The van der Waals surface area contributed by atoms with Crippen molar-refractivity contribution in [2.45, 2.75) is 32.0 Å². The Labute approximate surface area is 133 Å². The number of urea groups is 1. The van der Waals surface area contributed by atoms with Crippen LogP contribution in [0.25, 0.3) is 0 Å². The van der Waals surface area contributed by atoms with Crippen LogP contribution in [0.15, 0.2) is 18.2 Å². The average molecular weight is 333 g/mol. The number of hydrogen-bond donors (Lipinski definition) is 3. The van der Waals surface area contributed by atoms with E-state index in [2.05, 4.69) is 10.6 Å². The first-order valence-electron chi connectivity index (χ1n) is 7.11. The SMILES string of the molecule is CCC(C)(CO)NC(=O)Nc1ccc(N(C)C)cc1C(F)(F)F. The van der Waals surface area contributed by atoms with Gasteiger partial charge in [0, 0.05) is 19.8 Å². The van der Waals surface area contributed by atoms with Gasteiger partial charge in [0.05, 0.1) is 23.4 Å². The number of carbonyl (C=O) groups excluding carboxylic acids is 1. The standard InChI is InChI=1S/C15H22F3N3O2/c1-5-14(2,9-22)20-13(23)19-12-7-6-10(21(3)4)8-11(12)15(16,17)18/h6-8,22H,5,9H2,1-4H3,(H2,19,20,23). The van der Waals surface area contributed by atoms with Crippen LogP contribution in [0.5, 0.6) is 0 Å². The lowest BCUT2D eigenvalue weighted by molar-refractivity contribution is -0.136. The molecule has 5 nitrogen and oxygen atoms in total. The van der Waals surface area contributed by atoms with Gasteiger partial charge in [0.1, 0.15) is 0 Å². The van der Waals surface area contributed by atoms with Gasteiger partial charge in [0.25, 0.3) is 0 Å². The van der Waals surface area contributed by atoms with Crippen molar-refractivity contribution in [3.63, 3.8) is 0 Å². The van der Waals surface area contributed by atoms with E-state index < -0.39 is 23.3 Å². The van der Waals surface area contributed by atoms with Crippen LogP contribution in [0.1, 0.15) is 25.8 Å². The zero-order valence-electron chi connectivity index (χ0n) is 13.6. The number of benzene rings is 1. The highest BCUT2D eigenvalue weighted by Gasteiger charge is 2.35. The molecule has 130 valence electrons. The number of aliphatic hydroxyl groups is 1. The van der Waals surface area contributed by atoms with Gasteiger partial charge >= 0.3 is 12.2 Å². The molecule has 0 fully saturated rings. The van der Waals surface area contributed by atoms with Crippen LogP contribution >= 0.6 is 0 Å². The van der Waals surface area contributed by atoms with Crippen LogP contribution in [0.2, 0.25) is 0 Å². The van der Waals surface area contributed by atoms with E-state index in [9.17, 15) is 23.1 Å². The minimum Gasteiger partial charge on any atom is -0.394 e. The normalized spacial score (nSPS) is 14.1. The molecule has 1 rings (SSSR count). The van der Waals surface area contributed by atoms with Gasteiger partial charge in [-0.1, -0.05) is 6.92 Å². The molecular formula is C15H22F3N3O2. The maximum absolute atomic E-state index is 13.2. The number of alkyl halides is 3. The summed E-state index contributed by atoms with van der Waals surface area (Å²) >= 11 is 0. The van der Waals surface area contributed by atoms with Crippen LogP contribution in [0.4, 0.5) is 29.3 Å². The van der Waals surface area contributed by atoms with Crippen LogP contribution in [0.3, 0.4) is 0 Å². The van der Waals surface area contributed by atoms with Gasteiger partial charge < -0.3 is 20.6 Å². The topological polar surface area (TPSA) is 64.6 Å². The summed E-state index contributed by atoms with van der Waals surface area (Å²) in [7, 11) is 3.26. The van der Waals surface area contributed by atoms with E-state index in [1.165, 1.54) is 12.1 Å². The van der Waals surface area contributed by atoms with Gasteiger partial charge in [-0.15, -0.1) is 0 Å². The van der Waals surface area contributed by atoms with Crippen LogP contribution in [0, 0.1) is 0 Å². The zero-order valence-corrected chi connectivity index (χ0v) is 13.6. The molecule has 0 heterocycles. The molecular weight excluding hydrogens is 311 g/mol. The predicted molar refractivity (Wildman–Crippen MR) is 83.7 cm³/mol. The molecule has 8 heteroatoms. The second-order valence-corrected chi connectivity index (χ2v) is 5.77. The van der Waals surface area contributed by atoms with E-state index in [1.54, 1.807) is 32.8 Å². The zero-order chi connectivity index (χ0) is 17.8. The Morgan fingerprint density at radius 2 is 1.91 bits per heavy atom. The quantitative estimate of drug-likeness (QED) is 0.776. The number of amides is 2. The lowest BCUT2D eigenvalue weighted by Gasteiger charge is -2.27. The van der Waals surface area contributed by atoms with Gasteiger partial charge in [0.2, 0.25) is 0 Å². The number of nitrogens with zero attached hydrogens (tertiary/aromatic N) is 1.